The molecule has 2 aliphatic heterocycles. The normalized spacial score (nSPS) is 16.4. The highest BCUT2D eigenvalue weighted by atomic mass is 32.2. The summed E-state index contributed by atoms with van der Waals surface area (Å²) in [7, 11) is -6.22. The summed E-state index contributed by atoms with van der Waals surface area (Å²) in [4.78, 5) is 13.3. The van der Waals surface area contributed by atoms with Gasteiger partial charge in [-0.05, 0) is 73.7 Å². The fourth-order valence-electron chi connectivity index (χ4n) is 5.07. The summed E-state index contributed by atoms with van der Waals surface area (Å²) in [6.45, 7) is 1.27. The number of fused-ring (bicyclic) bond motifs is 1. The van der Waals surface area contributed by atoms with Crippen LogP contribution in [0.1, 0.15) is 41.6 Å². The van der Waals surface area contributed by atoms with Crippen LogP contribution in [0.25, 0.3) is 0 Å². The Bertz CT molecular complexity index is 1600. The lowest BCUT2D eigenvalue weighted by Crippen LogP contribution is -2.35. The molecule has 206 valence electrons. The van der Waals surface area contributed by atoms with Crippen molar-refractivity contribution in [2.45, 2.75) is 41.9 Å². The van der Waals surface area contributed by atoms with Crippen molar-refractivity contribution in [2.24, 2.45) is 0 Å². The molecule has 0 aliphatic carbocycles. The average Bonchev–Trinajstić information content (AvgIpc) is 2.97. The van der Waals surface area contributed by atoms with E-state index in [1.54, 1.807) is 6.07 Å². The van der Waals surface area contributed by atoms with Crippen molar-refractivity contribution in [3.8, 4) is 5.75 Å². The predicted octanol–water partition coefficient (Wildman–Crippen LogP) is 4.26. The number of piperidine rings is 1. The fraction of sp³-hybridized carbons (Fsp3) is 0.321. The number of hydrogen-bond acceptors (Lipinski definition) is 6. The summed E-state index contributed by atoms with van der Waals surface area (Å²) >= 11 is 0. The zero-order valence-corrected chi connectivity index (χ0v) is 23.3. The quantitative estimate of drug-likeness (QED) is 0.455. The van der Waals surface area contributed by atoms with Crippen LogP contribution in [0.15, 0.2) is 76.5 Å². The molecular formula is C28H31N3O6S2. The van der Waals surface area contributed by atoms with Gasteiger partial charge in [0.25, 0.3) is 15.9 Å². The number of ether oxygens (including phenoxy) is 1. The predicted molar refractivity (Wildman–Crippen MR) is 149 cm³/mol. The molecular weight excluding hydrogens is 538 g/mol. The molecule has 0 aromatic heterocycles. The second kappa shape index (κ2) is 11.0. The molecule has 39 heavy (non-hydrogen) atoms. The van der Waals surface area contributed by atoms with Gasteiger partial charge in [0.1, 0.15) is 5.75 Å². The monoisotopic (exact) mass is 569 g/mol. The van der Waals surface area contributed by atoms with Crippen molar-refractivity contribution in [2.75, 3.05) is 36.4 Å². The number of rotatable bonds is 7. The summed E-state index contributed by atoms with van der Waals surface area (Å²) in [5, 5.41) is 2.71. The second-order valence-corrected chi connectivity index (χ2v) is 13.4. The smallest absolute Gasteiger partial charge is 0.264 e. The number of nitrogens with one attached hydrogen (secondary N) is 1. The number of sulfonamides is 2. The van der Waals surface area contributed by atoms with Crippen LogP contribution in [0, 0.1) is 0 Å². The molecule has 3 aromatic rings. The molecule has 1 fully saturated rings. The Hall–Kier alpha value is -3.41. The van der Waals surface area contributed by atoms with Gasteiger partial charge in [-0.25, -0.2) is 16.8 Å². The maximum absolute atomic E-state index is 13.6. The zero-order valence-electron chi connectivity index (χ0n) is 21.7. The van der Waals surface area contributed by atoms with Gasteiger partial charge in [0.05, 0.1) is 28.3 Å². The van der Waals surface area contributed by atoms with Crippen LogP contribution in [0.5, 0.6) is 5.75 Å². The summed E-state index contributed by atoms with van der Waals surface area (Å²) in [5.74, 6) is -0.299. The molecule has 0 spiro atoms. The van der Waals surface area contributed by atoms with Crippen LogP contribution in [-0.4, -0.2) is 53.8 Å². The molecule has 1 saturated heterocycles. The Morgan fingerprint density at radius 3 is 2.31 bits per heavy atom. The molecule has 2 aliphatic rings. The van der Waals surface area contributed by atoms with Crippen molar-refractivity contribution in [3.05, 3.63) is 77.9 Å². The Morgan fingerprint density at radius 1 is 0.795 bits per heavy atom. The first-order valence-electron chi connectivity index (χ1n) is 12.9. The first-order valence-corrected chi connectivity index (χ1v) is 15.8. The van der Waals surface area contributed by atoms with Gasteiger partial charge in [-0.3, -0.25) is 9.10 Å². The summed E-state index contributed by atoms with van der Waals surface area (Å²) in [6, 6.07) is 17.6. The van der Waals surface area contributed by atoms with E-state index in [0.29, 0.717) is 31.7 Å². The van der Waals surface area contributed by atoms with E-state index in [4.69, 9.17) is 4.74 Å². The van der Waals surface area contributed by atoms with E-state index in [0.717, 1.165) is 31.2 Å². The maximum atomic E-state index is 13.6. The van der Waals surface area contributed by atoms with Gasteiger partial charge in [-0.2, -0.15) is 4.31 Å². The molecule has 1 N–H and O–H groups in total. The minimum Gasteiger partial charge on any atom is -0.495 e. The number of amides is 1. The third-order valence-corrected chi connectivity index (χ3v) is 10.8. The van der Waals surface area contributed by atoms with Crippen molar-refractivity contribution in [3.63, 3.8) is 0 Å². The van der Waals surface area contributed by atoms with Gasteiger partial charge < -0.3 is 10.1 Å². The number of aryl methyl sites for hydroxylation is 1. The summed E-state index contributed by atoms with van der Waals surface area (Å²) in [6.07, 6.45) is 4.11. The molecule has 3 aromatic carbocycles. The number of methoxy groups -OCH3 is 1. The molecule has 9 nitrogen and oxygen atoms in total. The minimum absolute atomic E-state index is 0.000227. The molecule has 0 saturated carbocycles. The maximum Gasteiger partial charge on any atom is 0.264 e. The van der Waals surface area contributed by atoms with Gasteiger partial charge in [-0.1, -0.05) is 30.7 Å². The lowest BCUT2D eigenvalue weighted by Gasteiger charge is -2.30. The van der Waals surface area contributed by atoms with E-state index in [9.17, 15) is 21.6 Å². The third kappa shape index (κ3) is 5.39. The van der Waals surface area contributed by atoms with Gasteiger partial charge in [0, 0.05) is 25.2 Å². The fourth-order valence-corrected chi connectivity index (χ4v) is 8.20. The van der Waals surface area contributed by atoms with Crippen molar-refractivity contribution >= 4 is 37.3 Å². The number of benzene rings is 3. The Kier molecular flexibility index (Phi) is 7.66. The van der Waals surface area contributed by atoms with E-state index in [2.05, 4.69) is 5.32 Å². The van der Waals surface area contributed by atoms with Crippen LogP contribution < -0.4 is 14.4 Å². The second-order valence-electron chi connectivity index (χ2n) is 9.62. The first-order chi connectivity index (χ1) is 18.7. The van der Waals surface area contributed by atoms with E-state index in [1.165, 1.54) is 58.2 Å². The van der Waals surface area contributed by atoms with Crippen molar-refractivity contribution in [1.82, 2.24) is 4.31 Å². The van der Waals surface area contributed by atoms with E-state index in [-0.39, 0.29) is 26.8 Å². The van der Waals surface area contributed by atoms with E-state index in [1.807, 2.05) is 18.2 Å². The van der Waals surface area contributed by atoms with Crippen LogP contribution in [0.2, 0.25) is 0 Å². The molecule has 0 unspecified atom stereocenters. The molecule has 11 heteroatoms. The van der Waals surface area contributed by atoms with Crippen LogP contribution in [-0.2, 0) is 26.5 Å². The molecule has 0 radical (unpaired) electrons. The number of hydrogen-bond donors (Lipinski definition) is 1. The molecule has 0 bridgehead atoms. The number of carbonyl (C=O) groups is 1. The standard InChI is InChI=1S/C28H31N3O6S2/c1-37-27-15-14-24(38(33,34)30-16-5-2-6-17-30)20-25(27)29-28(32)22-10-7-12-23(19-22)39(35,36)31-18-8-11-21-9-3-4-13-26(21)31/h3-4,7,9-10,12-15,19-20H,2,5-6,8,11,16-18H2,1H3,(H,29,32). The largest absolute Gasteiger partial charge is 0.495 e. The average molecular weight is 570 g/mol. The Labute approximate surface area is 229 Å². The highest BCUT2D eigenvalue weighted by molar-refractivity contribution is 7.92. The van der Waals surface area contributed by atoms with Crippen LogP contribution in [0.3, 0.4) is 0 Å². The van der Waals surface area contributed by atoms with Gasteiger partial charge in [0.2, 0.25) is 10.0 Å². The van der Waals surface area contributed by atoms with Crippen molar-refractivity contribution < 1.29 is 26.4 Å². The lowest BCUT2D eigenvalue weighted by molar-refractivity contribution is 0.102. The molecule has 2 heterocycles. The minimum atomic E-state index is -3.91. The van der Waals surface area contributed by atoms with Gasteiger partial charge >= 0.3 is 0 Å². The highest BCUT2D eigenvalue weighted by Crippen LogP contribution is 2.33. The van der Waals surface area contributed by atoms with Gasteiger partial charge in [-0.15, -0.1) is 0 Å². The highest BCUT2D eigenvalue weighted by Gasteiger charge is 2.30. The Balaban J connectivity index is 1.42. The lowest BCUT2D eigenvalue weighted by atomic mass is 10.0. The first kappa shape index (κ1) is 27.2. The number of anilines is 2. The number of nitrogens with zero attached hydrogens (tertiary/aromatic N) is 2. The van der Waals surface area contributed by atoms with E-state index < -0.39 is 26.0 Å². The third-order valence-electron chi connectivity index (χ3n) is 7.12. The van der Waals surface area contributed by atoms with Crippen LogP contribution >= 0.6 is 0 Å². The zero-order chi connectivity index (χ0) is 27.6. The number of carbonyl (C=O) groups excluding carboxylic acids is 1. The SMILES string of the molecule is COc1ccc(S(=O)(=O)N2CCCCC2)cc1NC(=O)c1cccc(S(=O)(=O)N2CCCc3ccccc32)c1. The summed E-state index contributed by atoms with van der Waals surface area (Å²) < 4.78 is 61.8. The topological polar surface area (TPSA) is 113 Å². The molecule has 0 atom stereocenters. The number of para-hydroxylation sites is 1. The Morgan fingerprint density at radius 2 is 1.54 bits per heavy atom. The van der Waals surface area contributed by atoms with Gasteiger partial charge in [0.15, 0.2) is 0 Å². The molecule has 1 amide bonds. The summed E-state index contributed by atoms with van der Waals surface area (Å²) in [5.41, 5.74) is 1.91. The van der Waals surface area contributed by atoms with Crippen molar-refractivity contribution in [1.29, 1.82) is 0 Å². The van der Waals surface area contributed by atoms with Crippen LogP contribution in [0.4, 0.5) is 11.4 Å². The molecule has 5 rings (SSSR count). The van der Waals surface area contributed by atoms with E-state index >= 15 is 0 Å².